The Balaban J connectivity index is 0. The first kappa shape index (κ1) is 76.8. The summed E-state index contributed by atoms with van der Waals surface area (Å²) in [5, 5.41) is 0. The zero-order valence-corrected chi connectivity index (χ0v) is 5.03. The quantitative estimate of drug-likeness (QED) is 0.536. The molecule has 2 radical (unpaired) electrons. The smallest absolute Gasteiger partial charge is 2.00 e. The molecule has 3 nitrogen and oxygen atoms in total. The Bertz CT molecular complexity index is 6.85. The molecule has 0 aromatic carbocycles. The molecule has 5 heavy (non-hydrogen) atoms. The van der Waals surface area contributed by atoms with Crippen molar-refractivity contribution in [1.29, 1.82) is 0 Å². The molecule has 0 aromatic rings. The first-order chi connectivity index (χ1) is 0. The molecule has 0 N–H and O–H groups in total. The molecule has 0 rings (SSSR count). The Morgan fingerprint density at radius 1 is 0.600 bits per heavy atom. The Labute approximate surface area is 70.9 Å². The molecule has 0 aliphatic heterocycles. The van der Waals surface area contributed by atoms with Crippen molar-refractivity contribution in [2.75, 3.05) is 0 Å². The van der Waals surface area contributed by atoms with E-state index in [-0.39, 0.29) is 71.7 Å². The Kier molecular flexibility index (Phi) is 680. The van der Waals surface area contributed by atoms with Crippen LogP contribution in [0.3, 0.4) is 0 Å². The average molecular weight is 266 g/mol. The summed E-state index contributed by atoms with van der Waals surface area (Å²) >= 11 is 0. The maximum absolute atomic E-state index is 0. The Morgan fingerprint density at radius 3 is 0.600 bits per heavy atom. The Morgan fingerprint density at radius 2 is 0.600 bits per heavy atom. The van der Waals surface area contributed by atoms with Crippen molar-refractivity contribution in [3.63, 3.8) is 0 Å². The molecule has 36 valence electrons. The minimum atomic E-state index is 0. The van der Waals surface area contributed by atoms with E-state index in [1.165, 1.54) is 0 Å². The first-order valence-electron chi connectivity index (χ1n) is 0. The molecule has 0 aliphatic carbocycles. The summed E-state index contributed by atoms with van der Waals surface area (Å²) < 4.78 is 0. The largest absolute Gasteiger partial charge is 3.00 e. The van der Waals surface area contributed by atoms with Gasteiger partial charge in [-0.1, -0.05) is 0 Å². The molecule has 0 bridgehead atoms. The van der Waals surface area contributed by atoms with E-state index in [9.17, 15) is 0 Å². The van der Waals surface area contributed by atoms with Gasteiger partial charge in [0.05, 0.1) is 0 Å². The van der Waals surface area contributed by atoms with E-state index in [1.807, 2.05) is 0 Å². The minimum Gasteiger partial charge on any atom is -2.00 e. The molecule has 0 saturated heterocycles. The van der Waals surface area contributed by atoms with Gasteiger partial charge in [-0.2, -0.15) is 0 Å². The van der Waals surface area contributed by atoms with E-state index in [4.69, 9.17) is 0 Å². The second-order valence-electron chi connectivity index (χ2n) is 0. The molecule has 0 atom stereocenters. The van der Waals surface area contributed by atoms with Gasteiger partial charge in [0.1, 0.15) is 0 Å². The van der Waals surface area contributed by atoms with Crippen LogP contribution in [0, 0.1) is 38.2 Å². The normalized spacial score (nSPS) is 0. The van der Waals surface area contributed by atoms with Gasteiger partial charge in [0.25, 0.3) is 0 Å². The van der Waals surface area contributed by atoms with E-state index in [2.05, 4.69) is 0 Å². The summed E-state index contributed by atoms with van der Waals surface area (Å²) in [6.07, 6.45) is 0. The fraction of sp³-hybridized carbons (Fsp3) is 0. The fourth-order valence-corrected chi connectivity index (χ4v) is 0. The van der Waals surface area contributed by atoms with Gasteiger partial charge in [0, 0.05) is 0 Å². The SMILES string of the molecule is [Dy+3].[Fe+3].[O-2].[O-2].[O-2]. The first-order valence-corrected chi connectivity index (χ1v) is 0. The zero-order chi connectivity index (χ0) is 0. The number of hydrogen-bond acceptors (Lipinski definition) is 0. The molecule has 0 amide bonds. The predicted molar refractivity (Wildman–Crippen MR) is 2.06 cm³/mol. The van der Waals surface area contributed by atoms with Gasteiger partial charge in [-0.25, -0.2) is 0 Å². The maximum atomic E-state index is 0. The molecular weight excluding hydrogens is 266 g/mol. The van der Waals surface area contributed by atoms with Crippen LogP contribution >= 0.6 is 0 Å². The summed E-state index contributed by atoms with van der Waals surface area (Å²) in [6, 6.07) is 0. The summed E-state index contributed by atoms with van der Waals surface area (Å²) in [6.45, 7) is 0. The molecule has 0 heterocycles. The summed E-state index contributed by atoms with van der Waals surface area (Å²) in [5.74, 6) is 0. The summed E-state index contributed by atoms with van der Waals surface area (Å²) in [7, 11) is 0. The van der Waals surface area contributed by atoms with E-state index >= 15 is 0 Å². The van der Waals surface area contributed by atoms with E-state index in [1.54, 1.807) is 0 Å². The van der Waals surface area contributed by atoms with Crippen molar-refractivity contribution in [1.82, 2.24) is 0 Å². The van der Waals surface area contributed by atoms with Gasteiger partial charge in [-0.05, 0) is 0 Å². The molecule has 0 aromatic heterocycles. The third-order valence-electron chi connectivity index (χ3n) is 0. The second-order valence-corrected chi connectivity index (χ2v) is 0. The van der Waals surface area contributed by atoms with Gasteiger partial charge < -0.3 is 16.4 Å². The zero-order valence-electron chi connectivity index (χ0n) is 1.89. The van der Waals surface area contributed by atoms with Crippen molar-refractivity contribution in [2.45, 2.75) is 0 Å². The van der Waals surface area contributed by atoms with Crippen LogP contribution in [-0.2, 0) is 33.5 Å². The van der Waals surface area contributed by atoms with Crippen LogP contribution in [0.5, 0.6) is 0 Å². The second kappa shape index (κ2) is 44.3. The topological polar surface area (TPSA) is 85.5 Å². The maximum Gasteiger partial charge on any atom is 3.00 e. The Hall–Kier alpha value is 1.67. The van der Waals surface area contributed by atoms with Gasteiger partial charge in [-0.3, -0.25) is 0 Å². The van der Waals surface area contributed by atoms with Crippen LogP contribution in [0.1, 0.15) is 0 Å². The molecule has 0 spiro atoms. The van der Waals surface area contributed by atoms with Gasteiger partial charge in [0.2, 0.25) is 0 Å². The van der Waals surface area contributed by atoms with Crippen LogP contribution in [0.25, 0.3) is 0 Å². The summed E-state index contributed by atoms with van der Waals surface area (Å²) in [5.41, 5.74) is 0. The van der Waals surface area contributed by atoms with Gasteiger partial charge in [-0.15, -0.1) is 0 Å². The van der Waals surface area contributed by atoms with Crippen molar-refractivity contribution in [2.24, 2.45) is 0 Å². The third kappa shape index (κ3) is 27.4. The summed E-state index contributed by atoms with van der Waals surface area (Å²) in [4.78, 5) is 0. The minimum absolute atomic E-state index is 0. The van der Waals surface area contributed by atoms with Crippen LogP contribution < -0.4 is 0 Å². The molecule has 0 aliphatic rings. The van der Waals surface area contributed by atoms with Crippen molar-refractivity contribution < 1.29 is 71.7 Å². The van der Waals surface area contributed by atoms with Crippen LogP contribution in [0.2, 0.25) is 0 Å². The average Bonchev–Trinajstić information content (AvgIpc) is 0. The van der Waals surface area contributed by atoms with E-state index in [0.717, 1.165) is 0 Å². The monoisotopic (exact) mass is 268 g/mol. The van der Waals surface area contributed by atoms with Crippen molar-refractivity contribution in [3.05, 3.63) is 0 Å². The number of hydrogen-bond donors (Lipinski definition) is 0. The standard InChI is InChI=1S/Dy.Fe.3O/q2*+3;3*-2. The van der Waals surface area contributed by atoms with Crippen LogP contribution in [-0.4, -0.2) is 0 Å². The predicted octanol–water partition coefficient (Wildman–Crippen LogP) is -0.359. The molecule has 0 saturated carbocycles. The van der Waals surface area contributed by atoms with E-state index in [0.29, 0.717) is 0 Å². The van der Waals surface area contributed by atoms with Crippen LogP contribution in [0.4, 0.5) is 0 Å². The third-order valence-corrected chi connectivity index (χ3v) is 0. The molecule has 5 heteroatoms. The molecule has 0 fully saturated rings. The van der Waals surface area contributed by atoms with Crippen LogP contribution in [0.15, 0.2) is 0 Å². The number of rotatable bonds is 0. The fourth-order valence-electron chi connectivity index (χ4n) is 0. The van der Waals surface area contributed by atoms with E-state index < -0.39 is 0 Å². The van der Waals surface area contributed by atoms with Gasteiger partial charge in [0.15, 0.2) is 0 Å². The van der Waals surface area contributed by atoms with Gasteiger partial charge >= 0.3 is 55.2 Å². The molecular formula is DyFeO3. The van der Waals surface area contributed by atoms with Crippen molar-refractivity contribution >= 4 is 0 Å². The van der Waals surface area contributed by atoms with Crippen molar-refractivity contribution in [3.8, 4) is 0 Å². The molecule has 0 unspecified atom stereocenters.